The van der Waals surface area contributed by atoms with Gasteiger partial charge < -0.3 is 15.8 Å². The molecule has 22 heavy (non-hydrogen) atoms. The molecule has 1 atom stereocenters. The van der Waals surface area contributed by atoms with Gasteiger partial charge in [0.05, 0.1) is 5.69 Å². The highest BCUT2D eigenvalue weighted by Crippen LogP contribution is 2.40. The molecule has 2 aromatic rings. The Kier molecular flexibility index (Phi) is 4.01. The van der Waals surface area contributed by atoms with E-state index in [-0.39, 0.29) is 11.3 Å². The molecule has 1 heterocycles. The van der Waals surface area contributed by atoms with Crippen LogP contribution in [-0.2, 0) is 18.4 Å². The lowest BCUT2D eigenvalue weighted by Gasteiger charge is -2.37. The van der Waals surface area contributed by atoms with E-state index in [1.54, 1.807) is 12.1 Å². The number of hydrogen-bond acceptors (Lipinski definition) is 5. The molecule has 0 saturated carbocycles. The predicted molar refractivity (Wildman–Crippen MR) is 82.4 cm³/mol. The first kappa shape index (κ1) is 15.2. The van der Waals surface area contributed by atoms with Crippen LogP contribution < -0.4 is 15.8 Å². The number of benzene rings is 1. The summed E-state index contributed by atoms with van der Waals surface area (Å²) in [4.78, 5) is 5.50. The third kappa shape index (κ3) is 2.78. The molecule has 7 heteroatoms. The summed E-state index contributed by atoms with van der Waals surface area (Å²) < 4.78 is 29.3. The van der Waals surface area contributed by atoms with E-state index >= 15 is 0 Å². The summed E-state index contributed by atoms with van der Waals surface area (Å²) in [5.74, 6) is 0.178. The zero-order valence-electron chi connectivity index (χ0n) is 12.1. The van der Waals surface area contributed by atoms with Crippen molar-refractivity contribution in [2.45, 2.75) is 31.4 Å². The molecule has 0 bridgehead atoms. The minimum absolute atomic E-state index is 0.178. The first-order valence-electron chi connectivity index (χ1n) is 7.01. The number of hydrogen-bond donors (Lipinski definition) is 2. The Morgan fingerprint density at radius 1 is 1.45 bits per heavy atom. The van der Waals surface area contributed by atoms with Gasteiger partial charge in [0.15, 0.2) is 5.13 Å². The van der Waals surface area contributed by atoms with Crippen LogP contribution in [0.5, 0.6) is 5.75 Å². The number of alkyl halides is 2. The van der Waals surface area contributed by atoms with Crippen molar-refractivity contribution >= 4 is 16.5 Å². The van der Waals surface area contributed by atoms with E-state index in [0.29, 0.717) is 5.13 Å². The van der Waals surface area contributed by atoms with Gasteiger partial charge in [-0.15, -0.1) is 11.3 Å². The number of aryl methyl sites for hydroxylation is 1. The molecule has 1 unspecified atom stereocenters. The van der Waals surface area contributed by atoms with Gasteiger partial charge in [-0.3, -0.25) is 0 Å². The number of aromatic nitrogens is 1. The second-order valence-corrected chi connectivity index (χ2v) is 6.45. The molecule has 1 aliphatic carbocycles. The molecule has 4 nitrogen and oxygen atoms in total. The molecular weight excluding hydrogens is 308 g/mol. The van der Waals surface area contributed by atoms with Gasteiger partial charge in [-0.25, -0.2) is 4.98 Å². The number of rotatable bonds is 4. The molecule has 1 aromatic carbocycles. The third-order valence-corrected chi connectivity index (χ3v) is 5.06. The highest BCUT2D eigenvalue weighted by Gasteiger charge is 2.36. The average Bonchev–Trinajstić information content (AvgIpc) is 2.85. The van der Waals surface area contributed by atoms with Gasteiger partial charge in [0.2, 0.25) is 0 Å². The van der Waals surface area contributed by atoms with Crippen LogP contribution in [-0.4, -0.2) is 18.6 Å². The number of thiazole rings is 1. The molecule has 1 aromatic heterocycles. The maximum Gasteiger partial charge on any atom is 0.387 e. The lowest BCUT2D eigenvalue weighted by atomic mass is 9.78. The van der Waals surface area contributed by atoms with E-state index < -0.39 is 6.61 Å². The largest absolute Gasteiger partial charge is 0.435 e. The van der Waals surface area contributed by atoms with Crippen LogP contribution in [0.4, 0.5) is 13.9 Å². The number of anilines is 1. The fourth-order valence-corrected chi connectivity index (χ4v) is 4.00. The molecular formula is C15H17F2N3OS. The van der Waals surface area contributed by atoms with Crippen molar-refractivity contribution in [1.29, 1.82) is 0 Å². The molecule has 0 spiro atoms. The second-order valence-electron chi connectivity index (χ2n) is 5.34. The van der Waals surface area contributed by atoms with Crippen molar-refractivity contribution in [1.82, 2.24) is 10.3 Å². The molecule has 118 valence electrons. The Labute approximate surface area is 131 Å². The van der Waals surface area contributed by atoms with Crippen LogP contribution in [0, 0.1) is 0 Å². The third-order valence-electron chi connectivity index (χ3n) is 4.14. The minimum Gasteiger partial charge on any atom is -0.435 e. The van der Waals surface area contributed by atoms with E-state index in [0.717, 1.165) is 35.4 Å². The fraction of sp³-hybridized carbons (Fsp3) is 0.400. The summed E-state index contributed by atoms with van der Waals surface area (Å²) in [5.41, 5.74) is 7.46. The predicted octanol–water partition coefficient (Wildman–Crippen LogP) is 2.93. The fourth-order valence-electron chi connectivity index (χ4n) is 3.01. The van der Waals surface area contributed by atoms with Crippen molar-refractivity contribution in [2.75, 3.05) is 12.8 Å². The van der Waals surface area contributed by atoms with E-state index in [9.17, 15) is 8.78 Å². The number of ether oxygens (including phenoxy) is 1. The van der Waals surface area contributed by atoms with Gasteiger partial charge in [0.1, 0.15) is 5.75 Å². The Morgan fingerprint density at radius 2 is 2.27 bits per heavy atom. The van der Waals surface area contributed by atoms with Crippen molar-refractivity contribution < 1.29 is 13.5 Å². The van der Waals surface area contributed by atoms with Gasteiger partial charge in [-0.1, -0.05) is 12.1 Å². The zero-order chi connectivity index (χ0) is 15.7. The highest BCUT2D eigenvalue weighted by atomic mass is 32.1. The molecule has 0 saturated heterocycles. The summed E-state index contributed by atoms with van der Waals surface area (Å²) >= 11 is 1.49. The number of nitrogens with zero attached hydrogens (tertiary/aromatic N) is 1. The Balaban J connectivity index is 1.94. The smallest absolute Gasteiger partial charge is 0.387 e. The summed E-state index contributed by atoms with van der Waals surface area (Å²) in [7, 11) is 1.88. The quantitative estimate of drug-likeness (QED) is 0.907. The van der Waals surface area contributed by atoms with Crippen LogP contribution in [0.2, 0.25) is 0 Å². The minimum atomic E-state index is -2.82. The number of nitrogens with one attached hydrogen (secondary N) is 1. The Bertz CT molecular complexity index is 677. The molecule has 1 aliphatic rings. The molecule has 3 rings (SSSR count). The first-order chi connectivity index (χ1) is 10.5. The van der Waals surface area contributed by atoms with Crippen molar-refractivity contribution in [2.24, 2.45) is 0 Å². The summed E-state index contributed by atoms with van der Waals surface area (Å²) in [6.45, 7) is -2.82. The molecule has 0 radical (unpaired) electrons. The molecule has 0 aliphatic heterocycles. The standard InChI is InChI=1S/C15H17F2N3OS/c1-19-15(6-5-11-12(8-15)22-14(18)20-11)9-3-2-4-10(7-9)21-13(16)17/h2-4,7,13,19H,5-6,8H2,1H3,(H2,18,20). The first-order valence-corrected chi connectivity index (χ1v) is 7.82. The average molecular weight is 325 g/mol. The Morgan fingerprint density at radius 3 is 3.00 bits per heavy atom. The van der Waals surface area contributed by atoms with Gasteiger partial charge in [0, 0.05) is 16.8 Å². The summed E-state index contributed by atoms with van der Waals surface area (Å²) in [6.07, 6.45) is 2.38. The maximum atomic E-state index is 12.4. The van der Waals surface area contributed by atoms with Gasteiger partial charge in [-0.05, 0) is 37.6 Å². The molecule has 0 amide bonds. The number of likely N-dealkylation sites (N-methyl/N-ethyl adjacent to an activating group) is 1. The number of nitrogen functional groups attached to an aromatic ring is 1. The maximum absolute atomic E-state index is 12.4. The van der Waals surface area contributed by atoms with Crippen molar-refractivity contribution in [3.05, 3.63) is 40.4 Å². The Hall–Kier alpha value is -1.73. The van der Waals surface area contributed by atoms with E-state index in [1.807, 2.05) is 13.1 Å². The van der Waals surface area contributed by atoms with E-state index in [1.165, 1.54) is 17.4 Å². The van der Waals surface area contributed by atoms with Crippen LogP contribution >= 0.6 is 11.3 Å². The van der Waals surface area contributed by atoms with E-state index in [4.69, 9.17) is 5.73 Å². The monoisotopic (exact) mass is 325 g/mol. The van der Waals surface area contributed by atoms with Gasteiger partial charge in [-0.2, -0.15) is 8.78 Å². The van der Waals surface area contributed by atoms with Crippen LogP contribution in [0.25, 0.3) is 0 Å². The van der Waals surface area contributed by atoms with Crippen molar-refractivity contribution in [3.63, 3.8) is 0 Å². The van der Waals surface area contributed by atoms with Gasteiger partial charge in [0.25, 0.3) is 0 Å². The summed E-state index contributed by atoms with van der Waals surface area (Å²) in [6, 6.07) is 6.89. The normalized spacial score (nSPS) is 20.9. The van der Waals surface area contributed by atoms with Crippen LogP contribution in [0.1, 0.15) is 22.6 Å². The van der Waals surface area contributed by atoms with Crippen LogP contribution in [0.15, 0.2) is 24.3 Å². The second kappa shape index (κ2) is 5.81. The van der Waals surface area contributed by atoms with E-state index in [2.05, 4.69) is 15.0 Å². The van der Waals surface area contributed by atoms with Crippen molar-refractivity contribution in [3.8, 4) is 5.75 Å². The number of halogens is 2. The number of nitrogens with two attached hydrogens (primary N) is 1. The lowest BCUT2D eigenvalue weighted by Crippen LogP contribution is -2.44. The highest BCUT2D eigenvalue weighted by molar-refractivity contribution is 7.15. The van der Waals surface area contributed by atoms with Gasteiger partial charge >= 0.3 is 6.61 Å². The molecule has 0 fully saturated rings. The molecule has 3 N–H and O–H groups in total. The topological polar surface area (TPSA) is 60.2 Å². The lowest BCUT2D eigenvalue weighted by molar-refractivity contribution is -0.0499. The number of fused-ring (bicyclic) bond motifs is 1. The SMILES string of the molecule is CNC1(c2cccc(OC(F)F)c2)CCc2nc(N)sc2C1. The summed E-state index contributed by atoms with van der Waals surface area (Å²) in [5, 5.41) is 3.94. The zero-order valence-corrected chi connectivity index (χ0v) is 12.9. The van der Waals surface area contributed by atoms with Crippen LogP contribution in [0.3, 0.4) is 0 Å².